The Kier molecular flexibility index (Phi) is 6.11. The molecule has 0 saturated carbocycles. The number of carbonyl (C=O) groups excluding carboxylic acids is 2. The third-order valence-corrected chi connectivity index (χ3v) is 8.71. The van der Waals surface area contributed by atoms with Crippen LogP contribution in [-0.2, 0) is 13.0 Å². The van der Waals surface area contributed by atoms with Crippen LogP contribution in [-0.4, -0.2) is 35.9 Å². The lowest BCUT2D eigenvalue weighted by molar-refractivity contribution is 0.0716. The van der Waals surface area contributed by atoms with E-state index in [1.54, 1.807) is 11.8 Å². The number of likely N-dealkylation sites (tertiary alicyclic amines) is 1. The lowest BCUT2D eigenvalue weighted by Gasteiger charge is -2.33. The van der Waals surface area contributed by atoms with Crippen molar-refractivity contribution in [3.63, 3.8) is 0 Å². The van der Waals surface area contributed by atoms with Gasteiger partial charge in [0.15, 0.2) is 5.78 Å². The maximum absolute atomic E-state index is 13.5. The summed E-state index contributed by atoms with van der Waals surface area (Å²) in [6.07, 6.45) is 5.29. The third-order valence-electron chi connectivity index (χ3n) is 6.37. The number of piperidine rings is 1. The number of fused-ring (bicyclic) bond motifs is 1. The van der Waals surface area contributed by atoms with Crippen molar-refractivity contribution in [1.29, 1.82) is 0 Å². The summed E-state index contributed by atoms with van der Waals surface area (Å²) in [7, 11) is 0. The number of hydrogen-bond donors (Lipinski definition) is 1. The first-order chi connectivity index (χ1) is 14.3. The van der Waals surface area contributed by atoms with E-state index in [-0.39, 0.29) is 17.1 Å². The predicted molar refractivity (Wildman–Crippen MR) is 125 cm³/mol. The van der Waals surface area contributed by atoms with E-state index in [4.69, 9.17) is 5.73 Å². The Bertz CT molecular complexity index is 972. The summed E-state index contributed by atoms with van der Waals surface area (Å²) in [6.45, 7) is 6.32. The standard InChI is InChI=1S/C24H30N2O2S2/c1-24(2)12-18-20(19(27)13-24)23(29-3)30-21(18)22(28)26-9-7-16(8-10-26)17-6-4-5-15(11-17)14-25/h4-6,11,16H,7-10,12-14,25H2,1-3H3. The van der Waals surface area contributed by atoms with Gasteiger partial charge in [-0.3, -0.25) is 9.59 Å². The molecule has 2 aromatic rings. The maximum atomic E-state index is 13.5. The lowest BCUT2D eigenvalue weighted by Crippen LogP contribution is -2.38. The first-order valence-electron chi connectivity index (χ1n) is 10.6. The van der Waals surface area contributed by atoms with E-state index in [0.717, 1.165) is 58.1 Å². The Morgan fingerprint density at radius 3 is 2.67 bits per heavy atom. The van der Waals surface area contributed by atoms with Gasteiger partial charge in [0.25, 0.3) is 5.91 Å². The zero-order chi connectivity index (χ0) is 21.5. The molecule has 1 aliphatic carbocycles. The van der Waals surface area contributed by atoms with E-state index in [1.807, 2.05) is 11.2 Å². The van der Waals surface area contributed by atoms with Gasteiger partial charge in [0.1, 0.15) is 0 Å². The Morgan fingerprint density at radius 2 is 2.00 bits per heavy atom. The molecule has 4 nitrogen and oxygen atoms in total. The highest BCUT2D eigenvalue weighted by atomic mass is 32.2. The van der Waals surface area contributed by atoms with Crippen molar-refractivity contribution in [3.05, 3.63) is 51.4 Å². The van der Waals surface area contributed by atoms with Crippen LogP contribution in [0.2, 0.25) is 0 Å². The fourth-order valence-corrected chi connectivity index (χ4v) is 6.87. The normalized spacial score (nSPS) is 19.1. The summed E-state index contributed by atoms with van der Waals surface area (Å²) in [5, 5.41) is 0. The van der Waals surface area contributed by atoms with Crippen molar-refractivity contribution >= 4 is 34.8 Å². The van der Waals surface area contributed by atoms with Gasteiger partial charge in [-0.05, 0) is 53.5 Å². The average molecular weight is 443 g/mol. The van der Waals surface area contributed by atoms with E-state index >= 15 is 0 Å². The number of nitrogens with two attached hydrogens (primary N) is 1. The molecule has 2 heterocycles. The van der Waals surface area contributed by atoms with Crippen LogP contribution in [0.1, 0.15) is 75.7 Å². The van der Waals surface area contributed by atoms with Gasteiger partial charge in [0.2, 0.25) is 0 Å². The molecule has 2 N–H and O–H groups in total. The summed E-state index contributed by atoms with van der Waals surface area (Å²) < 4.78 is 1.00. The highest BCUT2D eigenvalue weighted by Crippen LogP contribution is 2.45. The van der Waals surface area contributed by atoms with E-state index in [0.29, 0.717) is 18.9 Å². The van der Waals surface area contributed by atoms with Crippen molar-refractivity contribution in [3.8, 4) is 0 Å². The predicted octanol–water partition coefficient (Wildman–Crippen LogP) is 5.10. The molecule has 0 unspecified atom stereocenters. The molecule has 6 heteroatoms. The topological polar surface area (TPSA) is 63.4 Å². The summed E-state index contributed by atoms with van der Waals surface area (Å²) >= 11 is 3.11. The van der Waals surface area contributed by atoms with Crippen LogP contribution < -0.4 is 5.73 Å². The molecule has 0 spiro atoms. The number of benzene rings is 1. The zero-order valence-electron chi connectivity index (χ0n) is 18.0. The minimum Gasteiger partial charge on any atom is -0.338 e. The number of thioether (sulfide) groups is 1. The van der Waals surface area contributed by atoms with Gasteiger partial charge in [-0.2, -0.15) is 0 Å². The minimum atomic E-state index is -0.0864. The number of ketones is 1. The maximum Gasteiger partial charge on any atom is 0.264 e. The van der Waals surface area contributed by atoms with Crippen LogP contribution >= 0.6 is 23.1 Å². The molecule has 0 atom stereocenters. The number of Topliss-reactive ketones (excluding diaryl/α,β-unsaturated/α-hetero) is 1. The summed E-state index contributed by atoms with van der Waals surface area (Å²) in [5.41, 5.74) is 10.0. The quantitative estimate of drug-likeness (QED) is 0.669. The van der Waals surface area contributed by atoms with Crippen LogP contribution in [0.15, 0.2) is 28.5 Å². The second-order valence-electron chi connectivity index (χ2n) is 9.23. The zero-order valence-corrected chi connectivity index (χ0v) is 19.6. The molecule has 160 valence electrons. The number of amides is 1. The molecular formula is C24H30N2O2S2. The number of carbonyl (C=O) groups is 2. The van der Waals surface area contributed by atoms with Crippen molar-refractivity contribution in [2.45, 2.75) is 56.2 Å². The van der Waals surface area contributed by atoms with E-state index in [9.17, 15) is 9.59 Å². The van der Waals surface area contributed by atoms with Gasteiger partial charge in [0.05, 0.1) is 9.09 Å². The van der Waals surface area contributed by atoms with Crippen LogP contribution in [0.3, 0.4) is 0 Å². The Hall–Kier alpha value is -1.63. The molecule has 0 radical (unpaired) electrons. The van der Waals surface area contributed by atoms with Crippen LogP contribution in [0.4, 0.5) is 0 Å². The fourth-order valence-electron chi connectivity index (χ4n) is 4.81. The number of rotatable bonds is 4. The van der Waals surface area contributed by atoms with E-state index < -0.39 is 0 Å². The number of nitrogens with zero attached hydrogens (tertiary/aromatic N) is 1. The van der Waals surface area contributed by atoms with Crippen LogP contribution in [0.5, 0.6) is 0 Å². The van der Waals surface area contributed by atoms with Gasteiger partial charge in [-0.25, -0.2) is 0 Å². The largest absolute Gasteiger partial charge is 0.338 e. The molecule has 2 aliphatic rings. The number of hydrogen-bond acceptors (Lipinski definition) is 5. The minimum absolute atomic E-state index is 0.0864. The second kappa shape index (κ2) is 8.48. The fraction of sp³-hybridized carbons (Fsp3) is 0.500. The second-order valence-corrected chi connectivity index (χ2v) is 11.3. The number of thiophene rings is 1. The highest BCUT2D eigenvalue weighted by molar-refractivity contribution is 8.00. The molecule has 0 bridgehead atoms. The van der Waals surface area contributed by atoms with Crippen molar-refractivity contribution < 1.29 is 9.59 Å². The molecule has 1 aromatic heterocycles. The van der Waals surface area contributed by atoms with Gasteiger partial charge in [-0.15, -0.1) is 23.1 Å². The smallest absolute Gasteiger partial charge is 0.264 e. The molecular weight excluding hydrogens is 412 g/mol. The van der Waals surface area contributed by atoms with Gasteiger partial charge in [-0.1, -0.05) is 38.1 Å². The van der Waals surface area contributed by atoms with E-state index in [2.05, 4.69) is 38.1 Å². The Balaban J connectivity index is 1.53. The Labute approximate surface area is 187 Å². The molecule has 1 aromatic carbocycles. The third kappa shape index (κ3) is 4.10. The molecule has 30 heavy (non-hydrogen) atoms. The van der Waals surface area contributed by atoms with Crippen LogP contribution in [0.25, 0.3) is 0 Å². The van der Waals surface area contributed by atoms with Gasteiger partial charge in [0, 0.05) is 31.6 Å². The summed E-state index contributed by atoms with van der Waals surface area (Å²) in [5.74, 6) is 0.774. The SMILES string of the molecule is CSc1sc(C(=O)N2CCC(c3cccc(CN)c3)CC2)c2c1C(=O)CC(C)(C)C2. The van der Waals surface area contributed by atoms with Crippen LogP contribution in [0, 0.1) is 5.41 Å². The molecule has 1 amide bonds. The van der Waals surface area contributed by atoms with Gasteiger partial charge < -0.3 is 10.6 Å². The molecule has 4 rings (SSSR count). The summed E-state index contributed by atoms with van der Waals surface area (Å²) in [6, 6.07) is 8.52. The first-order valence-corrected chi connectivity index (χ1v) is 12.7. The first kappa shape index (κ1) is 21.6. The molecule has 1 saturated heterocycles. The van der Waals surface area contributed by atoms with Crippen molar-refractivity contribution in [2.24, 2.45) is 11.1 Å². The van der Waals surface area contributed by atoms with Crippen molar-refractivity contribution in [1.82, 2.24) is 4.90 Å². The highest BCUT2D eigenvalue weighted by Gasteiger charge is 2.38. The lowest BCUT2D eigenvalue weighted by atomic mass is 9.74. The monoisotopic (exact) mass is 442 g/mol. The van der Waals surface area contributed by atoms with Crippen molar-refractivity contribution in [2.75, 3.05) is 19.3 Å². The van der Waals surface area contributed by atoms with Gasteiger partial charge >= 0.3 is 0 Å². The summed E-state index contributed by atoms with van der Waals surface area (Å²) in [4.78, 5) is 29.0. The molecule has 1 fully saturated rings. The average Bonchev–Trinajstić information content (AvgIpc) is 3.11. The molecule has 1 aliphatic heterocycles. The van der Waals surface area contributed by atoms with E-state index in [1.165, 1.54) is 16.9 Å². The Morgan fingerprint density at radius 1 is 1.27 bits per heavy atom.